The highest BCUT2D eigenvalue weighted by atomic mass is 16.3. The molecular formula is C14H28N2O3. The Kier molecular flexibility index (Phi) is 6.23. The number of hydrogen-bond acceptors (Lipinski definition) is 4. The second-order valence-corrected chi connectivity index (χ2v) is 6.74. The molecule has 1 amide bonds. The maximum atomic E-state index is 12.0. The van der Waals surface area contributed by atoms with Gasteiger partial charge in [-0.2, -0.15) is 0 Å². The molecule has 0 aromatic rings. The molecule has 1 aliphatic heterocycles. The van der Waals surface area contributed by atoms with Crippen molar-refractivity contribution < 1.29 is 15.0 Å². The summed E-state index contributed by atoms with van der Waals surface area (Å²) in [7, 11) is 0. The minimum atomic E-state index is -0.877. The molecule has 5 heteroatoms. The Hall–Kier alpha value is -0.650. The fraction of sp³-hybridized carbons (Fsp3) is 0.929. The molecule has 0 saturated carbocycles. The highest BCUT2D eigenvalue weighted by Crippen LogP contribution is 2.30. The Balaban J connectivity index is 2.39. The smallest absolute Gasteiger partial charge is 0.237 e. The predicted molar refractivity (Wildman–Crippen MR) is 74.7 cm³/mol. The highest BCUT2D eigenvalue weighted by Gasteiger charge is 2.29. The average molecular weight is 272 g/mol. The zero-order valence-electron chi connectivity index (χ0n) is 12.3. The number of aliphatic hydroxyl groups excluding tert-OH is 2. The van der Waals surface area contributed by atoms with Gasteiger partial charge in [-0.05, 0) is 37.1 Å². The van der Waals surface area contributed by atoms with Gasteiger partial charge < -0.3 is 20.8 Å². The van der Waals surface area contributed by atoms with Gasteiger partial charge in [0.1, 0.15) is 0 Å². The molecular weight excluding hydrogens is 244 g/mol. The van der Waals surface area contributed by atoms with Crippen LogP contribution in [0.15, 0.2) is 0 Å². The van der Waals surface area contributed by atoms with E-state index in [9.17, 15) is 9.90 Å². The lowest BCUT2D eigenvalue weighted by molar-refractivity contribution is -0.124. The van der Waals surface area contributed by atoms with Crippen LogP contribution >= 0.6 is 0 Å². The molecule has 112 valence electrons. The van der Waals surface area contributed by atoms with Gasteiger partial charge in [0.2, 0.25) is 5.91 Å². The van der Waals surface area contributed by atoms with Gasteiger partial charge in [0.05, 0.1) is 18.8 Å². The molecule has 4 N–H and O–H groups in total. The van der Waals surface area contributed by atoms with Crippen molar-refractivity contribution in [3.8, 4) is 0 Å². The first kappa shape index (κ1) is 16.4. The SMILES string of the molecule is CC(C)(C)CC1CCNC(C(=O)NCC(O)CO)C1. The lowest BCUT2D eigenvalue weighted by Crippen LogP contribution is -2.50. The van der Waals surface area contributed by atoms with Crippen LogP contribution in [0.3, 0.4) is 0 Å². The van der Waals surface area contributed by atoms with Crippen LogP contribution in [0.4, 0.5) is 0 Å². The third-order valence-corrected chi connectivity index (χ3v) is 3.45. The lowest BCUT2D eigenvalue weighted by atomic mass is 9.79. The van der Waals surface area contributed by atoms with E-state index >= 15 is 0 Å². The maximum absolute atomic E-state index is 12.0. The van der Waals surface area contributed by atoms with E-state index in [0.717, 1.165) is 25.8 Å². The fourth-order valence-electron chi connectivity index (χ4n) is 2.65. The van der Waals surface area contributed by atoms with E-state index in [1.54, 1.807) is 0 Å². The number of rotatable bonds is 5. The van der Waals surface area contributed by atoms with Crippen molar-refractivity contribution in [1.29, 1.82) is 0 Å². The van der Waals surface area contributed by atoms with Gasteiger partial charge in [-0.25, -0.2) is 0 Å². The largest absolute Gasteiger partial charge is 0.394 e. The minimum absolute atomic E-state index is 0.0777. The van der Waals surface area contributed by atoms with E-state index in [2.05, 4.69) is 31.4 Å². The standard InChI is InChI=1S/C14H28N2O3/c1-14(2,3)7-10-4-5-15-12(6-10)13(19)16-8-11(18)9-17/h10-12,15,17-18H,4-9H2,1-3H3,(H,16,19). The van der Waals surface area contributed by atoms with Crippen molar-refractivity contribution >= 4 is 5.91 Å². The summed E-state index contributed by atoms with van der Waals surface area (Å²) in [5, 5.41) is 23.8. The monoisotopic (exact) mass is 272 g/mol. The zero-order chi connectivity index (χ0) is 14.5. The predicted octanol–water partition coefficient (Wildman–Crippen LogP) is 0.260. The van der Waals surface area contributed by atoms with Crippen LogP contribution in [0.5, 0.6) is 0 Å². The second kappa shape index (κ2) is 7.22. The number of carbonyl (C=O) groups is 1. The Morgan fingerprint density at radius 1 is 1.47 bits per heavy atom. The van der Waals surface area contributed by atoms with E-state index in [4.69, 9.17) is 5.11 Å². The summed E-state index contributed by atoms with van der Waals surface area (Å²) in [6.45, 7) is 7.31. The molecule has 19 heavy (non-hydrogen) atoms. The van der Waals surface area contributed by atoms with Gasteiger partial charge in [-0.15, -0.1) is 0 Å². The van der Waals surface area contributed by atoms with Crippen LogP contribution < -0.4 is 10.6 Å². The minimum Gasteiger partial charge on any atom is -0.394 e. The summed E-state index contributed by atoms with van der Waals surface area (Å²) in [5.74, 6) is 0.492. The van der Waals surface area contributed by atoms with Crippen LogP contribution in [0.2, 0.25) is 0 Å². The van der Waals surface area contributed by atoms with Crippen molar-refractivity contribution in [3.63, 3.8) is 0 Å². The summed E-state index contributed by atoms with van der Waals surface area (Å²) in [4.78, 5) is 12.0. The number of aliphatic hydroxyl groups is 2. The molecule has 3 atom stereocenters. The Labute approximate surface area is 115 Å². The number of carbonyl (C=O) groups excluding carboxylic acids is 1. The van der Waals surface area contributed by atoms with E-state index in [1.165, 1.54) is 0 Å². The Bertz CT molecular complexity index is 289. The summed E-state index contributed by atoms with van der Waals surface area (Å²) >= 11 is 0. The normalized spacial score (nSPS) is 25.9. The highest BCUT2D eigenvalue weighted by molar-refractivity contribution is 5.81. The zero-order valence-corrected chi connectivity index (χ0v) is 12.3. The quantitative estimate of drug-likeness (QED) is 0.579. The van der Waals surface area contributed by atoms with Gasteiger partial charge in [0, 0.05) is 6.54 Å². The van der Waals surface area contributed by atoms with Gasteiger partial charge >= 0.3 is 0 Å². The average Bonchev–Trinajstić information content (AvgIpc) is 2.33. The molecule has 1 aliphatic rings. The molecule has 0 spiro atoms. The summed E-state index contributed by atoms with van der Waals surface area (Å²) in [5.41, 5.74) is 0.288. The van der Waals surface area contributed by atoms with Crippen molar-refractivity contribution in [2.45, 2.75) is 52.2 Å². The van der Waals surface area contributed by atoms with E-state index in [1.807, 2.05) is 0 Å². The van der Waals surface area contributed by atoms with Crippen LogP contribution in [-0.4, -0.2) is 48.0 Å². The molecule has 0 aliphatic carbocycles. The topological polar surface area (TPSA) is 81.6 Å². The van der Waals surface area contributed by atoms with Gasteiger partial charge in [-0.1, -0.05) is 20.8 Å². The summed E-state index contributed by atoms with van der Waals surface area (Å²) < 4.78 is 0. The van der Waals surface area contributed by atoms with Gasteiger partial charge in [-0.3, -0.25) is 4.79 Å². The summed E-state index contributed by atoms with van der Waals surface area (Å²) in [6, 6.07) is -0.174. The van der Waals surface area contributed by atoms with Crippen LogP contribution in [0.1, 0.15) is 40.0 Å². The number of piperidine rings is 1. The van der Waals surface area contributed by atoms with Crippen molar-refractivity contribution in [1.82, 2.24) is 10.6 Å². The number of amides is 1. The van der Waals surface area contributed by atoms with Crippen LogP contribution in [0.25, 0.3) is 0 Å². The molecule has 1 heterocycles. The van der Waals surface area contributed by atoms with Crippen LogP contribution in [0, 0.1) is 11.3 Å². The Morgan fingerprint density at radius 2 is 2.16 bits per heavy atom. The molecule has 0 aromatic heterocycles. The van der Waals surface area contributed by atoms with Crippen LogP contribution in [-0.2, 0) is 4.79 Å². The first-order valence-corrected chi connectivity index (χ1v) is 7.12. The van der Waals surface area contributed by atoms with Crippen molar-refractivity contribution in [3.05, 3.63) is 0 Å². The third kappa shape index (κ3) is 6.36. The number of hydrogen-bond donors (Lipinski definition) is 4. The molecule has 0 bridgehead atoms. The number of nitrogens with one attached hydrogen (secondary N) is 2. The molecule has 1 saturated heterocycles. The first-order chi connectivity index (χ1) is 8.81. The molecule has 3 unspecified atom stereocenters. The van der Waals surface area contributed by atoms with E-state index in [0.29, 0.717) is 5.92 Å². The van der Waals surface area contributed by atoms with Crippen molar-refractivity contribution in [2.75, 3.05) is 19.7 Å². The fourth-order valence-corrected chi connectivity index (χ4v) is 2.65. The Morgan fingerprint density at radius 3 is 2.74 bits per heavy atom. The third-order valence-electron chi connectivity index (χ3n) is 3.45. The van der Waals surface area contributed by atoms with Gasteiger partial charge in [0.25, 0.3) is 0 Å². The van der Waals surface area contributed by atoms with Gasteiger partial charge in [0.15, 0.2) is 0 Å². The first-order valence-electron chi connectivity index (χ1n) is 7.12. The molecule has 1 fully saturated rings. The maximum Gasteiger partial charge on any atom is 0.237 e. The lowest BCUT2D eigenvalue weighted by Gasteiger charge is -2.33. The van der Waals surface area contributed by atoms with E-state index < -0.39 is 6.10 Å². The molecule has 5 nitrogen and oxygen atoms in total. The van der Waals surface area contributed by atoms with Crippen molar-refractivity contribution in [2.24, 2.45) is 11.3 Å². The molecule has 0 aromatic carbocycles. The summed E-state index contributed by atoms with van der Waals surface area (Å²) in [6.07, 6.45) is 2.20. The second-order valence-electron chi connectivity index (χ2n) is 6.74. The van der Waals surface area contributed by atoms with E-state index in [-0.39, 0.29) is 30.5 Å². The molecule has 0 radical (unpaired) electrons. The molecule has 1 rings (SSSR count).